The van der Waals surface area contributed by atoms with Crippen molar-refractivity contribution in [2.75, 3.05) is 0 Å². The second kappa shape index (κ2) is 6.45. The van der Waals surface area contributed by atoms with Crippen molar-refractivity contribution >= 4 is 28.3 Å². The maximum atomic E-state index is 12.9. The van der Waals surface area contributed by atoms with Gasteiger partial charge in [0.1, 0.15) is 11.4 Å². The fourth-order valence-electron chi connectivity index (χ4n) is 2.44. The van der Waals surface area contributed by atoms with Gasteiger partial charge >= 0.3 is 0 Å². The van der Waals surface area contributed by atoms with E-state index in [-0.39, 0.29) is 32.6 Å². The maximum absolute atomic E-state index is 12.9. The number of amides is 1. The lowest BCUT2D eigenvalue weighted by Crippen LogP contribution is -2.27. The van der Waals surface area contributed by atoms with Crippen LogP contribution in [0, 0.1) is 5.82 Å². The summed E-state index contributed by atoms with van der Waals surface area (Å²) in [6.45, 7) is 0.0677. The number of aromatic nitrogens is 1. The summed E-state index contributed by atoms with van der Waals surface area (Å²) >= 11 is 5.85. The Balaban J connectivity index is 2.01. The van der Waals surface area contributed by atoms with E-state index in [1.807, 2.05) is 0 Å². The van der Waals surface area contributed by atoms with Crippen LogP contribution < -0.4 is 10.9 Å². The van der Waals surface area contributed by atoms with Gasteiger partial charge in [-0.3, -0.25) is 9.59 Å². The van der Waals surface area contributed by atoms with Crippen molar-refractivity contribution in [1.29, 1.82) is 0 Å². The van der Waals surface area contributed by atoms with Gasteiger partial charge in [0.05, 0.1) is 5.39 Å². The third kappa shape index (κ3) is 3.14. The highest BCUT2D eigenvalue weighted by Crippen LogP contribution is 2.26. The first kappa shape index (κ1) is 16.8. The van der Waals surface area contributed by atoms with Crippen molar-refractivity contribution in [1.82, 2.24) is 10.0 Å². The smallest absolute Gasteiger partial charge is 0.294 e. The van der Waals surface area contributed by atoms with Crippen molar-refractivity contribution in [3.8, 4) is 5.88 Å². The largest absolute Gasteiger partial charge is 0.492 e. The van der Waals surface area contributed by atoms with Crippen LogP contribution >= 0.6 is 11.6 Å². The molecule has 0 aliphatic heterocycles. The molecule has 6 nitrogen and oxygen atoms in total. The van der Waals surface area contributed by atoms with E-state index in [0.717, 1.165) is 0 Å². The van der Waals surface area contributed by atoms with Gasteiger partial charge in [0.25, 0.3) is 11.5 Å². The molecular formula is C17H12ClFN2O4. The van der Waals surface area contributed by atoms with E-state index in [2.05, 4.69) is 5.32 Å². The first-order valence-electron chi connectivity index (χ1n) is 7.17. The molecule has 0 unspecified atom stereocenters. The lowest BCUT2D eigenvalue weighted by Gasteiger charge is -2.12. The van der Waals surface area contributed by atoms with Crippen LogP contribution in [-0.2, 0) is 6.54 Å². The molecule has 0 aliphatic carbocycles. The van der Waals surface area contributed by atoms with E-state index < -0.39 is 23.2 Å². The highest BCUT2D eigenvalue weighted by atomic mass is 35.5. The average molecular weight is 363 g/mol. The first-order chi connectivity index (χ1) is 11.9. The van der Waals surface area contributed by atoms with Gasteiger partial charge in [-0.25, -0.2) is 4.39 Å². The molecule has 0 spiro atoms. The quantitative estimate of drug-likeness (QED) is 0.625. The molecule has 25 heavy (non-hydrogen) atoms. The number of carbonyl (C=O) groups is 1. The zero-order valence-corrected chi connectivity index (χ0v) is 13.4. The number of benzene rings is 2. The Bertz CT molecular complexity index is 1030. The number of halogens is 2. The predicted octanol–water partition coefficient (Wildman–Crippen LogP) is 2.67. The summed E-state index contributed by atoms with van der Waals surface area (Å²) in [7, 11) is 0. The van der Waals surface area contributed by atoms with Crippen molar-refractivity contribution in [3.63, 3.8) is 0 Å². The van der Waals surface area contributed by atoms with Gasteiger partial charge in [0, 0.05) is 17.0 Å². The Morgan fingerprint density at radius 1 is 1.16 bits per heavy atom. The summed E-state index contributed by atoms with van der Waals surface area (Å²) < 4.78 is 12.9. The zero-order chi connectivity index (χ0) is 18.1. The average Bonchev–Trinajstić information content (AvgIpc) is 2.60. The van der Waals surface area contributed by atoms with Crippen molar-refractivity contribution in [2.24, 2.45) is 0 Å². The fraction of sp³-hybridized carbons (Fsp3) is 0.0588. The van der Waals surface area contributed by atoms with Gasteiger partial charge in [0.15, 0.2) is 0 Å². The number of carbonyl (C=O) groups excluding carboxylic acids is 1. The Hall–Kier alpha value is -3.06. The highest BCUT2D eigenvalue weighted by Gasteiger charge is 2.21. The summed E-state index contributed by atoms with van der Waals surface area (Å²) in [5, 5.41) is 22.7. The summed E-state index contributed by atoms with van der Waals surface area (Å²) in [4.78, 5) is 24.5. The van der Waals surface area contributed by atoms with Crippen molar-refractivity contribution in [3.05, 3.63) is 74.8 Å². The monoisotopic (exact) mass is 362 g/mol. The lowest BCUT2D eigenvalue weighted by molar-refractivity contribution is 0.0935. The molecule has 3 N–H and O–H groups in total. The van der Waals surface area contributed by atoms with Gasteiger partial charge in [0.2, 0.25) is 5.88 Å². The fourth-order valence-corrected chi connectivity index (χ4v) is 2.62. The Morgan fingerprint density at radius 3 is 2.52 bits per heavy atom. The van der Waals surface area contributed by atoms with Crippen LogP contribution in [0.15, 0.2) is 47.3 Å². The minimum atomic E-state index is -0.898. The predicted molar refractivity (Wildman–Crippen MR) is 89.6 cm³/mol. The van der Waals surface area contributed by atoms with Crippen molar-refractivity contribution in [2.45, 2.75) is 6.54 Å². The van der Waals surface area contributed by atoms with Crippen molar-refractivity contribution < 1.29 is 19.5 Å². The molecule has 8 heteroatoms. The number of pyridine rings is 1. The van der Waals surface area contributed by atoms with Crippen LogP contribution in [0.5, 0.6) is 5.88 Å². The Labute approximate surface area is 145 Å². The molecule has 0 bridgehead atoms. The number of aromatic hydroxyl groups is 1. The molecule has 0 aliphatic rings. The molecule has 1 aromatic heterocycles. The Kier molecular flexibility index (Phi) is 4.33. The van der Waals surface area contributed by atoms with Crippen LogP contribution in [0.2, 0.25) is 5.02 Å². The molecule has 0 saturated heterocycles. The van der Waals surface area contributed by atoms with E-state index in [0.29, 0.717) is 5.56 Å². The third-order valence-corrected chi connectivity index (χ3v) is 3.93. The SMILES string of the molecule is O=C(NCc1ccc(F)cc1)c1c(O)n(O)c(=O)c2cc(Cl)ccc12. The van der Waals surface area contributed by atoms with E-state index >= 15 is 0 Å². The lowest BCUT2D eigenvalue weighted by atomic mass is 10.1. The molecule has 0 radical (unpaired) electrons. The number of nitrogens with one attached hydrogen (secondary N) is 1. The van der Waals surface area contributed by atoms with E-state index in [9.17, 15) is 24.3 Å². The number of rotatable bonds is 3. The van der Waals surface area contributed by atoms with Gasteiger partial charge in [-0.15, -0.1) is 4.73 Å². The minimum Gasteiger partial charge on any atom is -0.492 e. The van der Waals surface area contributed by atoms with Crippen LogP contribution in [0.1, 0.15) is 15.9 Å². The second-order valence-electron chi connectivity index (χ2n) is 5.31. The molecule has 128 valence electrons. The molecule has 1 amide bonds. The zero-order valence-electron chi connectivity index (χ0n) is 12.7. The standard InChI is InChI=1S/C17H12ClFN2O4/c18-10-3-6-12-13(7-10)16(23)21(25)17(24)14(12)15(22)20-8-9-1-4-11(19)5-2-9/h1-7,24-25H,8H2,(H,20,22). The van der Waals surface area contributed by atoms with E-state index in [1.54, 1.807) is 0 Å². The molecular weight excluding hydrogens is 351 g/mol. The second-order valence-corrected chi connectivity index (χ2v) is 5.75. The van der Waals surface area contributed by atoms with E-state index in [1.165, 1.54) is 42.5 Å². The molecule has 0 fully saturated rings. The summed E-state index contributed by atoms with van der Waals surface area (Å²) in [5.74, 6) is -1.99. The molecule has 0 saturated carbocycles. The maximum Gasteiger partial charge on any atom is 0.294 e. The summed E-state index contributed by atoms with van der Waals surface area (Å²) in [6.07, 6.45) is 0. The topological polar surface area (TPSA) is 91.6 Å². The summed E-state index contributed by atoms with van der Waals surface area (Å²) in [5.41, 5.74) is -0.528. The number of nitrogens with zero attached hydrogens (tertiary/aromatic N) is 1. The molecule has 3 aromatic rings. The third-order valence-electron chi connectivity index (χ3n) is 3.69. The molecule has 2 aromatic carbocycles. The van der Waals surface area contributed by atoms with Gasteiger partial charge in [-0.1, -0.05) is 29.8 Å². The van der Waals surface area contributed by atoms with Gasteiger partial charge in [-0.2, -0.15) is 0 Å². The van der Waals surface area contributed by atoms with E-state index in [4.69, 9.17) is 11.6 Å². The van der Waals surface area contributed by atoms with Crippen LogP contribution in [0.4, 0.5) is 4.39 Å². The number of fused-ring (bicyclic) bond motifs is 1. The van der Waals surface area contributed by atoms with Gasteiger partial charge < -0.3 is 15.6 Å². The van der Waals surface area contributed by atoms with Gasteiger partial charge in [-0.05, 0) is 29.8 Å². The number of hydrogen-bond donors (Lipinski definition) is 3. The molecule has 3 rings (SSSR count). The van der Waals surface area contributed by atoms with Crippen LogP contribution in [0.3, 0.4) is 0 Å². The summed E-state index contributed by atoms with van der Waals surface area (Å²) in [6, 6.07) is 9.67. The number of hydrogen-bond acceptors (Lipinski definition) is 4. The molecule has 0 atom stereocenters. The normalized spacial score (nSPS) is 10.8. The van der Waals surface area contributed by atoms with Crippen LogP contribution in [-0.4, -0.2) is 21.0 Å². The first-order valence-corrected chi connectivity index (χ1v) is 7.55. The highest BCUT2D eigenvalue weighted by molar-refractivity contribution is 6.31. The molecule has 1 heterocycles. The Morgan fingerprint density at radius 2 is 1.84 bits per heavy atom. The minimum absolute atomic E-state index is 0.00846. The van der Waals surface area contributed by atoms with Crippen LogP contribution in [0.25, 0.3) is 10.8 Å².